The van der Waals surface area contributed by atoms with Crippen LogP contribution in [0.4, 0.5) is 0 Å². The van der Waals surface area contributed by atoms with E-state index in [1.807, 2.05) is 24.3 Å². The second-order valence-corrected chi connectivity index (χ2v) is 3.87. The van der Waals surface area contributed by atoms with Crippen molar-refractivity contribution in [2.75, 3.05) is 0 Å². The predicted octanol–water partition coefficient (Wildman–Crippen LogP) is 3.14. The zero-order valence-corrected chi connectivity index (χ0v) is 9.32. The van der Waals surface area contributed by atoms with Crippen LogP contribution in [0.1, 0.15) is 21.5 Å². The lowest BCUT2D eigenvalue weighted by Gasteiger charge is -2.05. The summed E-state index contributed by atoms with van der Waals surface area (Å²) in [5.41, 5.74) is 2.56. The van der Waals surface area contributed by atoms with E-state index >= 15 is 0 Å². The number of pyridine rings is 1. The molecule has 16 heavy (non-hydrogen) atoms. The Kier molecular flexibility index (Phi) is 3.32. The summed E-state index contributed by atoms with van der Waals surface area (Å²) in [6, 6.07) is 9.31. The minimum atomic E-state index is 0.627. The number of hydrogen-bond acceptors (Lipinski definition) is 2. The third kappa shape index (κ3) is 2.28. The number of aldehydes is 1. The Morgan fingerprint density at radius 1 is 1.19 bits per heavy atom. The number of benzene rings is 1. The SMILES string of the molecule is O=Cc1ccncc1Cc1ccccc1Cl. The highest BCUT2D eigenvalue weighted by atomic mass is 35.5. The normalized spacial score (nSPS) is 10.1. The molecule has 0 bridgehead atoms. The standard InChI is InChI=1S/C13H10ClNO/c14-13-4-2-1-3-10(13)7-12-8-15-6-5-11(12)9-16/h1-6,8-9H,7H2. The van der Waals surface area contributed by atoms with Gasteiger partial charge in [-0.2, -0.15) is 0 Å². The molecule has 0 aliphatic rings. The van der Waals surface area contributed by atoms with E-state index in [0.717, 1.165) is 17.4 Å². The van der Waals surface area contributed by atoms with Gasteiger partial charge >= 0.3 is 0 Å². The van der Waals surface area contributed by atoms with Gasteiger partial charge in [0.15, 0.2) is 0 Å². The van der Waals surface area contributed by atoms with E-state index in [0.29, 0.717) is 17.0 Å². The monoisotopic (exact) mass is 231 g/mol. The van der Waals surface area contributed by atoms with Crippen molar-refractivity contribution in [3.05, 3.63) is 64.4 Å². The third-order valence-electron chi connectivity index (χ3n) is 2.41. The molecular formula is C13H10ClNO. The number of rotatable bonds is 3. The van der Waals surface area contributed by atoms with Gasteiger partial charge in [0, 0.05) is 29.4 Å². The van der Waals surface area contributed by atoms with Crippen LogP contribution in [0.15, 0.2) is 42.7 Å². The Morgan fingerprint density at radius 3 is 2.75 bits per heavy atom. The summed E-state index contributed by atoms with van der Waals surface area (Å²) in [5.74, 6) is 0. The van der Waals surface area contributed by atoms with Crippen LogP contribution in [0.3, 0.4) is 0 Å². The summed E-state index contributed by atoms with van der Waals surface area (Å²) in [7, 11) is 0. The lowest BCUT2D eigenvalue weighted by molar-refractivity contribution is 0.112. The van der Waals surface area contributed by atoms with E-state index in [1.165, 1.54) is 0 Å². The second-order valence-electron chi connectivity index (χ2n) is 3.46. The first-order chi connectivity index (χ1) is 7.81. The van der Waals surface area contributed by atoms with Gasteiger partial charge in [-0.25, -0.2) is 0 Å². The number of nitrogens with zero attached hydrogens (tertiary/aromatic N) is 1. The first-order valence-electron chi connectivity index (χ1n) is 4.92. The molecule has 0 spiro atoms. The average Bonchev–Trinajstić information content (AvgIpc) is 2.33. The lowest BCUT2D eigenvalue weighted by atomic mass is 10.0. The minimum absolute atomic E-state index is 0.627. The Hall–Kier alpha value is -1.67. The van der Waals surface area contributed by atoms with E-state index in [4.69, 9.17) is 11.6 Å². The van der Waals surface area contributed by atoms with Crippen LogP contribution >= 0.6 is 11.6 Å². The molecule has 2 nitrogen and oxygen atoms in total. The van der Waals surface area contributed by atoms with Crippen LogP contribution in [0.5, 0.6) is 0 Å². The molecule has 2 aromatic rings. The van der Waals surface area contributed by atoms with E-state index in [-0.39, 0.29) is 0 Å². The smallest absolute Gasteiger partial charge is 0.150 e. The summed E-state index contributed by atoms with van der Waals surface area (Å²) in [6.45, 7) is 0. The fourth-order valence-corrected chi connectivity index (χ4v) is 1.75. The molecule has 1 aromatic heterocycles. The molecule has 0 fully saturated rings. The Morgan fingerprint density at radius 2 is 2.00 bits per heavy atom. The molecule has 0 atom stereocenters. The van der Waals surface area contributed by atoms with Gasteiger partial charge < -0.3 is 0 Å². The third-order valence-corrected chi connectivity index (χ3v) is 2.78. The van der Waals surface area contributed by atoms with Crippen LogP contribution in [0.2, 0.25) is 5.02 Å². The zero-order chi connectivity index (χ0) is 11.4. The molecule has 2 rings (SSSR count). The van der Waals surface area contributed by atoms with Gasteiger partial charge in [-0.15, -0.1) is 0 Å². The molecule has 0 radical (unpaired) electrons. The van der Waals surface area contributed by atoms with Crippen LogP contribution in [0.25, 0.3) is 0 Å². The van der Waals surface area contributed by atoms with Crippen molar-refractivity contribution in [2.24, 2.45) is 0 Å². The van der Waals surface area contributed by atoms with Crippen molar-refractivity contribution >= 4 is 17.9 Å². The highest BCUT2D eigenvalue weighted by Gasteiger charge is 2.05. The Balaban J connectivity index is 2.34. The van der Waals surface area contributed by atoms with Gasteiger partial charge in [-0.1, -0.05) is 29.8 Å². The molecule has 0 aliphatic heterocycles. The predicted molar refractivity (Wildman–Crippen MR) is 63.9 cm³/mol. The second kappa shape index (κ2) is 4.90. The molecule has 0 N–H and O–H groups in total. The maximum absolute atomic E-state index is 10.8. The fraction of sp³-hybridized carbons (Fsp3) is 0.0769. The van der Waals surface area contributed by atoms with Crippen LogP contribution < -0.4 is 0 Å². The maximum Gasteiger partial charge on any atom is 0.150 e. The molecule has 0 amide bonds. The Labute approximate surface area is 98.9 Å². The van der Waals surface area contributed by atoms with Crippen LogP contribution in [-0.2, 0) is 6.42 Å². The van der Waals surface area contributed by atoms with Gasteiger partial charge in [0.05, 0.1) is 0 Å². The maximum atomic E-state index is 10.8. The molecule has 0 aliphatic carbocycles. The highest BCUT2D eigenvalue weighted by molar-refractivity contribution is 6.31. The number of carbonyl (C=O) groups excluding carboxylic acids is 1. The summed E-state index contributed by atoms with van der Waals surface area (Å²) < 4.78 is 0. The van der Waals surface area contributed by atoms with Gasteiger partial charge in [0.25, 0.3) is 0 Å². The molecular weight excluding hydrogens is 222 g/mol. The minimum Gasteiger partial charge on any atom is -0.298 e. The summed E-state index contributed by atoms with van der Waals surface area (Å²) in [4.78, 5) is 14.9. The molecule has 1 aromatic carbocycles. The van der Waals surface area contributed by atoms with Crippen LogP contribution in [0, 0.1) is 0 Å². The quantitative estimate of drug-likeness (QED) is 0.760. The van der Waals surface area contributed by atoms with Crippen molar-refractivity contribution in [1.82, 2.24) is 4.98 Å². The van der Waals surface area contributed by atoms with Crippen molar-refractivity contribution in [3.8, 4) is 0 Å². The van der Waals surface area contributed by atoms with Gasteiger partial charge in [-0.05, 0) is 23.3 Å². The molecule has 80 valence electrons. The molecule has 0 unspecified atom stereocenters. The number of hydrogen-bond donors (Lipinski definition) is 0. The molecule has 3 heteroatoms. The molecule has 0 saturated carbocycles. The number of carbonyl (C=O) groups is 1. The van der Waals surface area contributed by atoms with Gasteiger partial charge in [0.2, 0.25) is 0 Å². The first kappa shape index (κ1) is 10.8. The largest absolute Gasteiger partial charge is 0.298 e. The Bertz CT molecular complexity index is 511. The van der Waals surface area contributed by atoms with Crippen molar-refractivity contribution in [3.63, 3.8) is 0 Å². The van der Waals surface area contributed by atoms with Gasteiger partial charge in [0.1, 0.15) is 6.29 Å². The van der Waals surface area contributed by atoms with Crippen LogP contribution in [-0.4, -0.2) is 11.3 Å². The van der Waals surface area contributed by atoms with Crippen molar-refractivity contribution < 1.29 is 4.79 Å². The number of aromatic nitrogens is 1. The van der Waals surface area contributed by atoms with E-state index in [9.17, 15) is 4.79 Å². The fourth-order valence-electron chi connectivity index (χ4n) is 1.55. The topological polar surface area (TPSA) is 30.0 Å². The number of halogens is 1. The lowest BCUT2D eigenvalue weighted by Crippen LogP contribution is -1.96. The van der Waals surface area contributed by atoms with Crippen molar-refractivity contribution in [1.29, 1.82) is 0 Å². The van der Waals surface area contributed by atoms with E-state index in [2.05, 4.69) is 4.98 Å². The van der Waals surface area contributed by atoms with E-state index in [1.54, 1.807) is 18.5 Å². The van der Waals surface area contributed by atoms with E-state index < -0.39 is 0 Å². The zero-order valence-electron chi connectivity index (χ0n) is 8.56. The van der Waals surface area contributed by atoms with Crippen molar-refractivity contribution in [2.45, 2.75) is 6.42 Å². The molecule has 0 saturated heterocycles. The van der Waals surface area contributed by atoms with Gasteiger partial charge in [-0.3, -0.25) is 9.78 Å². The highest BCUT2D eigenvalue weighted by Crippen LogP contribution is 2.19. The summed E-state index contributed by atoms with van der Waals surface area (Å²) in [6.07, 6.45) is 4.78. The average molecular weight is 232 g/mol. The molecule has 1 heterocycles. The summed E-state index contributed by atoms with van der Waals surface area (Å²) in [5, 5.41) is 0.711. The summed E-state index contributed by atoms with van der Waals surface area (Å²) >= 11 is 6.06. The first-order valence-corrected chi connectivity index (χ1v) is 5.30.